The summed E-state index contributed by atoms with van der Waals surface area (Å²) in [5.74, 6) is 1.68. The van der Waals surface area contributed by atoms with Crippen LogP contribution in [0.25, 0.3) is 10.1 Å². The Bertz CT molecular complexity index is 4550. The van der Waals surface area contributed by atoms with Crippen LogP contribution < -0.4 is 61.3 Å². The molecule has 0 N–H and O–H groups in total. The van der Waals surface area contributed by atoms with Gasteiger partial charge in [0.2, 0.25) is 0 Å². The summed E-state index contributed by atoms with van der Waals surface area (Å²) in [5.41, 5.74) is 22.4. The Kier molecular flexibility index (Phi) is 10.9. The number of nitrogens with zero attached hydrogens (tertiary/aromatic N) is 5. The monoisotopic (exact) mass is 1080 g/mol. The van der Waals surface area contributed by atoms with E-state index in [1.54, 1.807) is 0 Å². The van der Waals surface area contributed by atoms with Gasteiger partial charge in [-0.3, -0.25) is 0 Å². The molecule has 17 rings (SSSR count). The predicted molar refractivity (Wildman–Crippen MR) is 351 cm³/mol. The molecule has 0 spiro atoms. The molecule has 9 heteroatoms. The van der Waals surface area contributed by atoms with E-state index in [9.17, 15) is 0 Å². The Labute approximate surface area is 487 Å². The lowest BCUT2D eigenvalue weighted by Gasteiger charge is -2.46. The Balaban J connectivity index is 0.964. The first-order valence-corrected chi connectivity index (χ1v) is 29.2. The van der Waals surface area contributed by atoms with Crippen LogP contribution in [0.3, 0.4) is 0 Å². The van der Waals surface area contributed by atoms with Crippen LogP contribution in [0.1, 0.15) is 0 Å². The van der Waals surface area contributed by atoms with Crippen molar-refractivity contribution in [3.8, 4) is 11.5 Å². The van der Waals surface area contributed by atoms with Crippen LogP contribution in [0.2, 0.25) is 0 Å². The van der Waals surface area contributed by atoms with Crippen LogP contribution in [-0.2, 0) is 0 Å². The van der Waals surface area contributed by atoms with Crippen LogP contribution in [0.4, 0.5) is 85.3 Å². The molecular weight excluding hydrogens is 1030 g/mol. The maximum atomic E-state index is 7.74. The topological polar surface area (TPSA) is 25.4 Å². The summed E-state index contributed by atoms with van der Waals surface area (Å²) in [5, 5.41) is 1.23. The number of hydrogen-bond acceptors (Lipinski definition) is 7. The Morgan fingerprint density at radius 2 is 0.735 bits per heavy atom. The third-order valence-corrected chi connectivity index (χ3v) is 18.2. The maximum Gasteiger partial charge on any atom is 0.268 e. The first-order valence-electron chi connectivity index (χ1n) is 28.4. The van der Waals surface area contributed by atoms with Gasteiger partial charge < -0.3 is 29.2 Å². The first kappa shape index (κ1) is 47.3. The molecule has 4 aliphatic heterocycles. The van der Waals surface area contributed by atoms with Gasteiger partial charge in [-0.25, -0.2) is 0 Å². The number of thiophene rings is 1. The molecule has 83 heavy (non-hydrogen) atoms. The van der Waals surface area contributed by atoms with Crippen molar-refractivity contribution in [3.63, 3.8) is 0 Å². The first-order chi connectivity index (χ1) is 41.2. The summed E-state index contributed by atoms with van der Waals surface area (Å²) in [4.78, 5) is 12.3. The van der Waals surface area contributed by atoms with Gasteiger partial charge >= 0.3 is 0 Å². The average molecular weight is 1080 g/mol. The molecule has 12 aromatic carbocycles. The zero-order chi connectivity index (χ0) is 54.5. The lowest BCUT2D eigenvalue weighted by molar-refractivity contribution is 0.488. The van der Waals surface area contributed by atoms with Crippen molar-refractivity contribution >= 4 is 152 Å². The van der Waals surface area contributed by atoms with E-state index in [4.69, 9.17) is 4.74 Å². The minimum atomic E-state index is -0.157. The normalized spacial score (nSPS) is 13.0. The summed E-state index contributed by atoms with van der Waals surface area (Å²) < 4.78 is 10.3. The molecule has 0 unspecified atom stereocenters. The molecule has 0 bridgehead atoms. The van der Waals surface area contributed by atoms with E-state index in [1.165, 1.54) is 36.9 Å². The number of fused-ring (bicyclic) bond motifs is 10. The molecule has 6 nitrogen and oxygen atoms in total. The Morgan fingerprint density at radius 1 is 0.301 bits per heavy atom. The highest BCUT2D eigenvalue weighted by atomic mass is 32.1. The van der Waals surface area contributed by atoms with Crippen LogP contribution in [0.5, 0.6) is 11.5 Å². The fraction of sp³-hybridized carbons (Fsp3) is 0. The standard InChI is InChI=1S/C74H49B2N5OS/c1-8-26-50(27-9-1)77(51-28-10-2-11-29-51)57-44-65-71-66(45-57)80(55-36-18-6-19-37-55)64-49-68-62(48-61(64)75(71)60-41-23-24-42-63(60)79(65)54-34-16-5-17-35-54)76-72-67(81(56-38-20-7-21-39-56)73-59-40-22-25-43-70(59)83-74(73)76)46-58(47-69(72)82-68)78(52-30-12-3-13-31-52)53-32-14-4-15-33-53/h1-49H. The molecule has 0 atom stereocenters. The van der Waals surface area contributed by atoms with Gasteiger partial charge in [0, 0.05) is 95.2 Å². The lowest BCUT2D eigenvalue weighted by Crippen LogP contribution is -2.64. The summed E-state index contributed by atoms with van der Waals surface area (Å²) in [7, 11) is 0. The van der Waals surface area contributed by atoms with E-state index in [0.717, 1.165) is 102 Å². The van der Waals surface area contributed by atoms with Gasteiger partial charge in [0.15, 0.2) is 0 Å². The summed E-state index contributed by atoms with van der Waals surface area (Å²) in [6.07, 6.45) is 0. The van der Waals surface area contributed by atoms with E-state index in [1.807, 2.05) is 11.3 Å². The molecular formula is C74H49B2N5OS. The van der Waals surface area contributed by atoms with Crippen molar-refractivity contribution in [2.45, 2.75) is 0 Å². The number of para-hydroxylation sites is 8. The van der Waals surface area contributed by atoms with Crippen LogP contribution in [0.15, 0.2) is 297 Å². The van der Waals surface area contributed by atoms with E-state index < -0.39 is 0 Å². The number of hydrogen-bond donors (Lipinski definition) is 0. The van der Waals surface area contributed by atoms with Gasteiger partial charge in [0.25, 0.3) is 13.4 Å². The zero-order valence-corrected chi connectivity index (χ0v) is 45.8. The van der Waals surface area contributed by atoms with E-state index in [0.29, 0.717) is 0 Å². The largest absolute Gasteiger partial charge is 0.458 e. The molecule has 0 amide bonds. The van der Waals surface area contributed by atoms with Gasteiger partial charge in [-0.1, -0.05) is 170 Å². The second-order valence-electron chi connectivity index (χ2n) is 21.6. The van der Waals surface area contributed by atoms with Crippen molar-refractivity contribution < 1.29 is 4.74 Å². The summed E-state index contributed by atoms with van der Waals surface area (Å²) in [6, 6.07) is 108. The maximum absolute atomic E-state index is 7.74. The van der Waals surface area contributed by atoms with Crippen molar-refractivity contribution in [1.29, 1.82) is 0 Å². The highest BCUT2D eigenvalue weighted by molar-refractivity contribution is 7.33. The molecule has 0 aliphatic carbocycles. The third-order valence-electron chi connectivity index (χ3n) is 17.0. The molecule has 4 aliphatic rings. The van der Waals surface area contributed by atoms with Crippen molar-refractivity contribution in [2.24, 2.45) is 0 Å². The second-order valence-corrected chi connectivity index (χ2v) is 22.7. The zero-order valence-electron chi connectivity index (χ0n) is 45.0. The van der Waals surface area contributed by atoms with Crippen LogP contribution >= 0.6 is 11.3 Å². The van der Waals surface area contributed by atoms with Crippen molar-refractivity contribution in [2.75, 3.05) is 24.5 Å². The van der Waals surface area contributed by atoms with Crippen molar-refractivity contribution in [1.82, 2.24) is 0 Å². The van der Waals surface area contributed by atoms with Crippen LogP contribution in [-0.4, -0.2) is 13.4 Å². The van der Waals surface area contributed by atoms with Crippen molar-refractivity contribution in [3.05, 3.63) is 297 Å². The van der Waals surface area contributed by atoms with Gasteiger partial charge in [0.05, 0.1) is 17.1 Å². The fourth-order valence-corrected chi connectivity index (χ4v) is 14.9. The van der Waals surface area contributed by atoms with Gasteiger partial charge in [-0.2, -0.15) is 0 Å². The second kappa shape index (κ2) is 19.1. The Morgan fingerprint density at radius 3 is 1.28 bits per heavy atom. The molecule has 0 saturated carbocycles. The number of ether oxygens (including phenoxy) is 1. The van der Waals surface area contributed by atoms with E-state index in [2.05, 4.69) is 322 Å². The molecule has 1 aromatic heterocycles. The Hall–Kier alpha value is -10.5. The van der Waals surface area contributed by atoms with Gasteiger partial charge in [-0.15, -0.1) is 11.3 Å². The highest BCUT2D eigenvalue weighted by Crippen LogP contribution is 2.52. The SMILES string of the molecule is c1ccc(N(c2ccccc2)c2cc3c4c(c2)N(c2ccccc2)c2c(sc5ccccc25)B4c2cc4c(cc2O3)N(c2ccccc2)c2cc(N(c3ccccc3)c3ccccc3)cc3c2B4c2ccccc2N3c2ccccc2)cc1. The van der Waals surface area contributed by atoms with E-state index in [-0.39, 0.29) is 13.4 Å². The quantitative estimate of drug-likeness (QED) is 0.134. The van der Waals surface area contributed by atoms with E-state index >= 15 is 0 Å². The fourth-order valence-electron chi connectivity index (χ4n) is 13.6. The predicted octanol–water partition coefficient (Wildman–Crippen LogP) is 16.3. The molecule has 0 radical (unpaired) electrons. The average Bonchev–Trinajstić information content (AvgIpc) is 2.59. The van der Waals surface area contributed by atoms with Gasteiger partial charge in [0.1, 0.15) is 11.5 Å². The molecule has 388 valence electrons. The lowest BCUT2D eigenvalue weighted by atomic mass is 9.31. The minimum absolute atomic E-state index is 0.146. The highest BCUT2D eigenvalue weighted by Gasteiger charge is 2.49. The molecule has 13 aromatic rings. The number of rotatable bonds is 9. The third kappa shape index (κ3) is 7.44. The molecule has 0 saturated heterocycles. The van der Waals surface area contributed by atoms with Crippen LogP contribution in [0, 0.1) is 0 Å². The smallest absolute Gasteiger partial charge is 0.268 e. The summed E-state index contributed by atoms with van der Waals surface area (Å²) >= 11 is 1.91. The number of anilines is 15. The molecule has 0 fully saturated rings. The number of benzene rings is 12. The molecule has 5 heterocycles. The van der Waals surface area contributed by atoms with Gasteiger partial charge in [-0.05, 0) is 143 Å². The summed E-state index contributed by atoms with van der Waals surface area (Å²) in [6.45, 7) is -0.303. The minimum Gasteiger partial charge on any atom is -0.458 e.